The zero-order chi connectivity index (χ0) is 11.1. The molecule has 88 valence electrons. The lowest BCUT2D eigenvalue weighted by molar-refractivity contribution is 0.206. The van der Waals surface area contributed by atoms with Crippen LogP contribution in [0.3, 0.4) is 0 Å². The van der Waals surface area contributed by atoms with Gasteiger partial charge in [-0.05, 0) is 25.8 Å². The van der Waals surface area contributed by atoms with Gasteiger partial charge < -0.3 is 15.5 Å². The van der Waals surface area contributed by atoms with Gasteiger partial charge in [-0.2, -0.15) is 0 Å². The molecule has 1 saturated heterocycles. The van der Waals surface area contributed by atoms with Gasteiger partial charge in [-0.25, -0.2) is 0 Å². The molecule has 0 aromatic rings. The van der Waals surface area contributed by atoms with Crippen molar-refractivity contribution in [3.8, 4) is 0 Å². The van der Waals surface area contributed by atoms with Gasteiger partial charge in [0.15, 0.2) is 5.96 Å². The Kier molecular flexibility index (Phi) is 5.47. The Morgan fingerprint density at radius 1 is 1.40 bits per heavy atom. The molecule has 0 atom stereocenters. The van der Waals surface area contributed by atoms with Crippen molar-refractivity contribution in [1.29, 1.82) is 0 Å². The first-order valence-corrected chi connectivity index (χ1v) is 5.93. The number of aliphatic imine (C=N–C) groups is 1. The molecule has 4 nitrogen and oxygen atoms in total. The van der Waals surface area contributed by atoms with E-state index in [0.29, 0.717) is 6.04 Å². The van der Waals surface area contributed by atoms with Gasteiger partial charge in [0, 0.05) is 33.2 Å². The zero-order valence-corrected chi connectivity index (χ0v) is 10.2. The van der Waals surface area contributed by atoms with Gasteiger partial charge in [0.2, 0.25) is 0 Å². The monoisotopic (exact) mass is 212 g/mol. The van der Waals surface area contributed by atoms with Crippen LogP contribution < -0.4 is 10.6 Å². The van der Waals surface area contributed by atoms with Crippen molar-refractivity contribution in [3.63, 3.8) is 0 Å². The Hall–Kier alpha value is -0.770. The fraction of sp³-hybridized carbons (Fsp3) is 0.909. The molecule has 1 aliphatic rings. The summed E-state index contributed by atoms with van der Waals surface area (Å²) < 4.78 is 0. The first-order chi connectivity index (χ1) is 7.30. The maximum absolute atomic E-state index is 4.14. The third kappa shape index (κ3) is 4.08. The van der Waals surface area contributed by atoms with Crippen LogP contribution in [0, 0.1) is 0 Å². The van der Waals surface area contributed by atoms with Gasteiger partial charge in [0.1, 0.15) is 0 Å². The number of piperidine rings is 1. The quantitative estimate of drug-likeness (QED) is 0.533. The number of rotatable bonds is 3. The van der Waals surface area contributed by atoms with Gasteiger partial charge in [0.25, 0.3) is 0 Å². The Morgan fingerprint density at radius 3 is 2.53 bits per heavy atom. The topological polar surface area (TPSA) is 39.7 Å². The molecule has 15 heavy (non-hydrogen) atoms. The number of hydrogen-bond donors (Lipinski definition) is 2. The molecule has 2 N–H and O–H groups in total. The van der Waals surface area contributed by atoms with E-state index in [4.69, 9.17) is 0 Å². The van der Waals surface area contributed by atoms with Crippen molar-refractivity contribution in [2.24, 2.45) is 4.99 Å². The average Bonchev–Trinajstić information content (AvgIpc) is 2.28. The van der Waals surface area contributed by atoms with E-state index in [1.807, 2.05) is 14.1 Å². The molecular formula is C11H24N4. The number of nitrogens with one attached hydrogen (secondary N) is 2. The lowest BCUT2D eigenvalue weighted by Gasteiger charge is -2.32. The third-order valence-electron chi connectivity index (χ3n) is 2.93. The molecule has 0 aliphatic carbocycles. The minimum absolute atomic E-state index is 0.587. The van der Waals surface area contributed by atoms with Gasteiger partial charge in [-0.15, -0.1) is 0 Å². The maximum Gasteiger partial charge on any atom is 0.190 e. The molecule has 1 fully saturated rings. The highest BCUT2D eigenvalue weighted by atomic mass is 15.2. The van der Waals surface area contributed by atoms with E-state index in [2.05, 4.69) is 27.4 Å². The molecule has 0 aromatic heterocycles. The first-order valence-electron chi connectivity index (χ1n) is 5.93. The molecule has 0 unspecified atom stereocenters. The van der Waals surface area contributed by atoms with E-state index in [1.165, 1.54) is 38.9 Å². The summed E-state index contributed by atoms with van der Waals surface area (Å²) in [6.45, 7) is 5.92. The molecule has 1 rings (SSSR count). The standard InChI is InChI=1S/C11H24N4/c1-4-7-15-8-5-10(6-9-15)14-11(12-2)13-3/h10H,4-9H2,1-3H3,(H2,12,13,14). The van der Waals surface area contributed by atoms with Crippen LogP contribution in [0.5, 0.6) is 0 Å². The van der Waals surface area contributed by atoms with Crippen LogP contribution in [-0.2, 0) is 0 Å². The summed E-state index contributed by atoms with van der Waals surface area (Å²) in [5.74, 6) is 0.906. The number of likely N-dealkylation sites (tertiary alicyclic amines) is 1. The molecule has 1 aliphatic heterocycles. The number of hydrogen-bond acceptors (Lipinski definition) is 2. The first kappa shape index (κ1) is 12.3. The van der Waals surface area contributed by atoms with Gasteiger partial charge >= 0.3 is 0 Å². The largest absolute Gasteiger partial charge is 0.359 e. The SMILES string of the molecule is CCCN1CCC(NC(=NC)NC)CC1. The molecule has 0 aromatic carbocycles. The van der Waals surface area contributed by atoms with Crippen molar-refractivity contribution < 1.29 is 0 Å². The third-order valence-corrected chi connectivity index (χ3v) is 2.93. The molecule has 0 radical (unpaired) electrons. The summed E-state index contributed by atoms with van der Waals surface area (Å²) in [7, 11) is 3.71. The lowest BCUT2D eigenvalue weighted by atomic mass is 10.1. The van der Waals surface area contributed by atoms with E-state index < -0.39 is 0 Å². The predicted molar refractivity (Wildman–Crippen MR) is 65.3 cm³/mol. The van der Waals surface area contributed by atoms with Crippen LogP contribution in [0.2, 0.25) is 0 Å². The van der Waals surface area contributed by atoms with Crippen LogP contribution in [0.25, 0.3) is 0 Å². The van der Waals surface area contributed by atoms with E-state index in [-0.39, 0.29) is 0 Å². The molecule has 0 amide bonds. The van der Waals surface area contributed by atoms with Crippen LogP contribution in [0.1, 0.15) is 26.2 Å². The number of nitrogens with zero attached hydrogens (tertiary/aromatic N) is 2. The van der Waals surface area contributed by atoms with Crippen LogP contribution in [0.4, 0.5) is 0 Å². The second-order valence-corrected chi connectivity index (χ2v) is 4.08. The van der Waals surface area contributed by atoms with Crippen molar-refractivity contribution in [1.82, 2.24) is 15.5 Å². The second-order valence-electron chi connectivity index (χ2n) is 4.08. The van der Waals surface area contributed by atoms with E-state index in [9.17, 15) is 0 Å². The van der Waals surface area contributed by atoms with E-state index in [1.54, 1.807) is 0 Å². The highest BCUT2D eigenvalue weighted by Gasteiger charge is 2.18. The van der Waals surface area contributed by atoms with E-state index >= 15 is 0 Å². The van der Waals surface area contributed by atoms with Gasteiger partial charge in [-0.1, -0.05) is 6.92 Å². The van der Waals surface area contributed by atoms with Crippen LogP contribution in [0.15, 0.2) is 4.99 Å². The fourth-order valence-corrected chi connectivity index (χ4v) is 2.06. The Labute approximate surface area is 93.1 Å². The highest BCUT2D eigenvalue weighted by Crippen LogP contribution is 2.10. The molecular weight excluding hydrogens is 188 g/mol. The molecule has 1 heterocycles. The van der Waals surface area contributed by atoms with Gasteiger partial charge in [0.05, 0.1) is 0 Å². The maximum atomic E-state index is 4.14. The Balaban J connectivity index is 2.25. The van der Waals surface area contributed by atoms with Crippen LogP contribution >= 0.6 is 0 Å². The summed E-state index contributed by atoms with van der Waals surface area (Å²) in [6, 6.07) is 0.587. The molecule has 4 heteroatoms. The average molecular weight is 212 g/mol. The molecule has 0 spiro atoms. The van der Waals surface area contributed by atoms with Crippen LogP contribution in [-0.4, -0.2) is 50.6 Å². The Morgan fingerprint density at radius 2 is 2.07 bits per heavy atom. The van der Waals surface area contributed by atoms with Crippen molar-refractivity contribution >= 4 is 5.96 Å². The zero-order valence-electron chi connectivity index (χ0n) is 10.2. The highest BCUT2D eigenvalue weighted by molar-refractivity contribution is 5.79. The van der Waals surface area contributed by atoms with Crippen molar-refractivity contribution in [2.75, 3.05) is 33.7 Å². The summed E-state index contributed by atoms with van der Waals surface area (Å²) in [6.07, 6.45) is 3.71. The summed E-state index contributed by atoms with van der Waals surface area (Å²) in [5, 5.41) is 6.49. The summed E-state index contributed by atoms with van der Waals surface area (Å²) >= 11 is 0. The van der Waals surface area contributed by atoms with Crippen molar-refractivity contribution in [2.45, 2.75) is 32.2 Å². The van der Waals surface area contributed by atoms with Crippen molar-refractivity contribution in [3.05, 3.63) is 0 Å². The normalized spacial score (nSPS) is 20.3. The predicted octanol–water partition coefficient (Wildman–Crippen LogP) is 0.656. The minimum Gasteiger partial charge on any atom is -0.359 e. The summed E-state index contributed by atoms with van der Waals surface area (Å²) in [5.41, 5.74) is 0. The summed E-state index contributed by atoms with van der Waals surface area (Å²) in [4.78, 5) is 6.68. The number of guanidine groups is 1. The molecule has 0 bridgehead atoms. The smallest absolute Gasteiger partial charge is 0.190 e. The van der Waals surface area contributed by atoms with E-state index in [0.717, 1.165) is 5.96 Å². The Bertz CT molecular complexity index is 195. The fourth-order valence-electron chi connectivity index (χ4n) is 2.06. The second kappa shape index (κ2) is 6.67. The molecule has 0 saturated carbocycles. The minimum atomic E-state index is 0.587. The van der Waals surface area contributed by atoms with Gasteiger partial charge in [-0.3, -0.25) is 4.99 Å². The lowest BCUT2D eigenvalue weighted by Crippen LogP contribution is -2.47.